The van der Waals surface area contributed by atoms with Crippen molar-refractivity contribution in [1.82, 2.24) is 19.6 Å². The molecule has 2 heterocycles. The molecule has 130 heavy (non-hydrogen) atoms. The summed E-state index contributed by atoms with van der Waals surface area (Å²) < 4.78 is 43.0. The van der Waals surface area contributed by atoms with Crippen molar-refractivity contribution < 1.29 is 66.8 Å². The van der Waals surface area contributed by atoms with Crippen LogP contribution in [0.4, 0.5) is 0 Å². The maximum absolute atomic E-state index is 17.5. The third kappa shape index (κ3) is 19.5. The van der Waals surface area contributed by atoms with Crippen LogP contribution < -0.4 is 18.9 Å². The first-order valence-electron chi connectivity index (χ1n) is 48.6. The van der Waals surface area contributed by atoms with Crippen molar-refractivity contribution >= 4 is 90.5 Å². The number of imide groups is 2. The van der Waals surface area contributed by atoms with Gasteiger partial charge in [0, 0.05) is 86.7 Å². The summed E-state index contributed by atoms with van der Waals surface area (Å²) in [7, 11) is 0. The van der Waals surface area contributed by atoms with Crippen LogP contribution in [0.3, 0.4) is 0 Å². The average molecular weight is 1760 g/mol. The molecule has 0 aromatic heterocycles. The Morgan fingerprint density at radius 3 is 0.946 bits per heavy atom. The Morgan fingerprint density at radius 2 is 0.677 bits per heavy atom. The van der Waals surface area contributed by atoms with Crippen molar-refractivity contribution in [2.24, 2.45) is 29.6 Å². The molecule has 0 spiro atoms. The molecule has 9 aromatic rings. The van der Waals surface area contributed by atoms with Gasteiger partial charge in [0.25, 0.3) is 23.6 Å². The van der Waals surface area contributed by atoms with E-state index in [9.17, 15) is 9.59 Å². The number of esters is 2. The molecule has 0 radical (unpaired) electrons. The van der Waals surface area contributed by atoms with Gasteiger partial charge in [0.05, 0.1) is 28.2 Å². The zero-order chi connectivity index (χ0) is 93.1. The molecule has 7 unspecified atom stereocenters. The highest BCUT2D eigenvalue weighted by Gasteiger charge is 2.51. The van der Waals surface area contributed by atoms with E-state index >= 15 is 28.8 Å². The number of amides is 6. The Morgan fingerprint density at radius 1 is 0.385 bits per heavy atom. The van der Waals surface area contributed by atoms with Crippen LogP contribution in [0.15, 0.2) is 133 Å². The Kier molecular flexibility index (Phi) is 27.4. The Balaban J connectivity index is 1.05. The molecule has 4 fully saturated rings. The lowest BCUT2D eigenvalue weighted by molar-refractivity contribution is -0.157. The number of nitrogens with zero attached hydrogens (tertiary/aromatic N) is 4. The Labute approximate surface area is 769 Å². The van der Waals surface area contributed by atoms with E-state index in [2.05, 4.69) is 117 Å². The molecule has 7 atom stereocenters. The molecule has 6 aliphatic rings. The number of ether oxygens (including phenoxy) is 6. The number of carbonyl (C=O) groups excluding carboxylic acids is 8. The number of hydrogen-bond acceptors (Lipinski definition) is 14. The summed E-state index contributed by atoms with van der Waals surface area (Å²) in [5, 5.41) is 2.48. The molecule has 15 rings (SSSR count). The van der Waals surface area contributed by atoms with E-state index in [0.29, 0.717) is 138 Å². The first kappa shape index (κ1) is 94.0. The third-order valence-electron chi connectivity index (χ3n) is 28.6. The van der Waals surface area contributed by atoms with Crippen molar-refractivity contribution in [3.8, 4) is 46.0 Å². The van der Waals surface area contributed by atoms with Gasteiger partial charge in [0.15, 0.2) is 0 Å². The molecule has 6 amide bonds. The summed E-state index contributed by atoms with van der Waals surface area (Å²) in [6.07, 6.45) is 14.0. The highest BCUT2D eigenvalue weighted by Crippen LogP contribution is 2.59. The number of rotatable bonds is 28. The lowest BCUT2D eigenvalue weighted by Crippen LogP contribution is -2.58. The van der Waals surface area contributed by atoms with Crippen molar-refractivity contribution in [3.63, 3.8) is 0 Å². The Bertz CT molecular complexity index is 5280. The van der Waals surface area contributed by atoms with Crippen molar-refractivity contribution in [3.05, 3.63) is 178 Å². The zero-order valence-corrected chi connectivity index (χ0v) is 80.6. The normalized spacial score (nSPS) is 19.3. The van der Waals surface area contributed by atoms with Gasteiger partial charge < -0.3 is 38.2 Å². The molecule has 0 N–H and O–H groups in total. The lowest BCUT2D eigenvalue weighted by atomic mass is 9.79. The third-order valence-corrected chi connectivity index (χ3v) is 28.6. The highest BCUT2D eigenvalue weighted by atomic mass is 16.5. The fourth-order valence-electron chi connectivity index (χ4n) is 21.0. The first-order chi connectivity index (χ1) is 61.7. The predicted octanol–water partition coefficient (Wildman–Crippen LogP) is 26.7. The van der Waals surface area contributed by atoms with Gasteiger partial charge in [-0.3, -0.25) is 43.4 Å². The van der Waals surface area contributed by atoms with Gasteiger partial charge in [0.1, 0.15) is 70.3 Å². The SMILES string of the molecule is C=C(CC)C(=O)OC1CCCC(N(CC(C)C)C(=O)C(CC2CCCCC2)N2C(=O)c3cc(Oc4ccc(C(C)(C)C)cc4)c4c5c(Oc6ccc(C(C)(C)C)cc6)cc6c7c(cc(Oc8ccc(C(C)(C)C)cc8)c(c8c(Oc9ccc(C(C)(C)C)cc9)cc(c3c48)C2=O)c75)C(=O)N(C(CC2CCCCC2)C(=O)N(CC(C)C)C2CCCC(OC(=O)C(C)CC)C2)C6=O)C1. The average Bonchev–Trinajstić information content (AvgIpc) is 0.668. The summed E-state index contributed by atoms with van der Waals surface area (Å²) in [5.74, 6) is -2.63. The molecule has 2 aliphatic heterocycles. The maximum Gasteiger partial charge on any atom is 0.333 e. The zero-order valence-electron chi connectivity index (χ0n) is 80.6. The molecule has 0 saturated heterocycles. The molecule has 18 nitrogen and oxygen atoms in total. The minimum atomic E-state index is -1.31. The van der Waals surface area contributed by atoms with E-state index in [4.69, 9.17) is 28.4 Å². The van der Waals surface area contributed by atoms with Gasteiger partial charge in [-0.25, -0.2) is 4.79 Å². The van der Waals surface area contributed by atoms with E-state index in [0.717, 1.165) is 86.5 Å². The van der Waals surface area contributed by atoms with Crippen LogP contribution in [-0.4, -0.2) is 116 Å². The molecule has 4 aliphatic carbocycles. The predicted molar refractivity (Wildman–Crippen MR) is 516 cm³/mol. The van der Waals surface area contributed by atoms with E-state index in [1.54, 1.807) is 24.3 Å². The lowest BCUT2D eigenvalue weighted by Gasteiger charge is -2.43. The molecule has 0 bridgehead atoms. The topological polar surface area (TPSA) is 205 Å². The van der Waals surface area contributed by atoms with Crippen LogP contribution in [0.5, 0.6) is 46.0 Å². The first-order valence-corrected chi connectivity index (χ1v) is 48.6. The van der Waals surface area contributed by atoms with Crippen LogP contribution in [0.1, 0.15) is 336 Å². The molecule has 9 aromatic carbocycles. The van der Waals surface area contributed by atoms with Crippen LogP contribution in [0.25, 0.3) is 43.1 Å². The summed E-state index contributed by atoms with van der Waals surface area (Å²) in [6.45, 7) is 44.3. The minimum Gasteiger partial charge on any atom is -0.462 e. The molecular weight excluding hydrogens is 1630 g/mol. The highest BCUT2D eigenvalue weighted by molar-refractivity contribution is 6.45. The van der Waals surface area contributed by atoms with Gasteiger partial charge in [-0.05, 0) is 205 Å². The minimum absolute atomic E-state index is 0.0269. The Hall–Kier alpha value is -10.6. The van der Waals surface area contributed by atoms with Gasteiger partial charge in [-0.2, -0.15) is 0 Å². The van der Waals surface area contributed by atoms with E-state index in [-0.39, 0.29) is 144 Å². The van der Waals surface area contributed by atoms with Crippen LogP contribution in [-0.2, 0) is 50.3 Å². The number of fused-ring (bicyclic) bond motifs is 2. The second-order valence-electron chi connectivity index (χ2n) is 43.4. The largest absolute Gasteiger partial charge is 0.462 e. The fraction of sp³-hybridized carbons (Fsp3) is 0.518. The van der Waals surface area contributed by atoms with Gasteiger partial charge >= 0.3 is 11.9 Å². The van der Waals surface area contributed by atoms with E-state index in [1.165, 1.54) is 9.80 Å². The van der Waals surface area contributed by atoms with Gasteiger partial charge in [0.2, 0.25) is 11.8 Å². The maximum atomic E-state index is 17.5. The van der Waals surface area contributed by atoms with Gasteiger partial charge in [-0.15, -0.1) is 0 Å². The smallest absolute Gasteiger partial charge is 0.333 e. The van der Waals surface area contributed by atoms with Crippen LogP contribution >= 0.6 is 0 Å². The van der Waals surface area contributed by atoms with Gasteiger partial charge in [-0.1, -0.05) is 251 Å². The fourth-order valence-corrected chi connectivity index (χ4v) is 21.0. The van der Waals surface area contributed by atoms with Crippen molar-refractivity contribution in [2.45, 2.75) is 331 Å². The summed E-state index contributed by atoms with van der Waals surface area (Å²) in [6, 6.07) is 34.8. The number of carbonyl (C=O) groups is 8. The second-order valence-corrected chi connectivity index (χ2v) is 43.4. The summed E-state index contributed by atoms with van der Waals surface area (Å²) in [5.41, 5.74) is 3.64. The molecule has 4 saturated carbocycles. The summed E-state index contributed by atoms with van der Waals surface area (Å²) in [4.78, 5) is 137. The standard InChI is InChI=1S/C112H138N4O14/c1-21-67(7)107(123)129-81-37-29-35-75(57-81)113(63-65(3)4)105(121)87(55-69-31-25-23-26-32-69)115-101(117)83-59-89(125-77-47-39-71(40-48-77)109(9,10)11)95-97-91(127-79-51-43-73(44-52-79)111(15,16)17)61-85-94-86(104(120)116(103(85)119)88(56-70-33-27-24-28-34-70)106(122)114(64-66(5)6)76-36-30-38-82(58-76)130-108(124)68(8)22-2)62-92(128-80-53-45-74(46-54-80)112(18,19)20)98(100(94)97)96-90(60-84(102(115)118)93(83)99(95)96)126-78-49-41-72(42-50-78)110(12,13)14/h39-54,59-62,65-66,68-70,75-76,81-82,87-88H,7,21-38,55-58,63-64H2,1-6,8-20H3. The van der Waals surface area contributed by atoms with E-state index in [1.807, 2.05) is 128 Å². The summed E-state index contributed by atoms with van der Waals surface area (Å²) >= 11 is 0. The molecular formula is C112H138N4O14. The van der Waals surface area contributed by atoms with Crippen LogP contribution in [0, 0.1) is 29.6 Å². The van der Waals surface area contributed by atoms with E-state index < -0.39 is 59.9 Å². The van der Waals surface area contributed by atoms with Crippen LogP contribution in [0.2, 0.25) is 0 Å². The second kappa shape index (κ2) is 37.9. The van der Waals surface area contributed by atoms with Crippen molar-refractivity contribution in [1.29, 1.82) is 0 Å². The monoisotopic (exact) mass is 1760 g/mol. The number of hydrogen-bond donors (Lipinski definition) is 0. The number of benzene rings is 9. The molecule has 18 heteroatoms. The van der Waals surface area contributed by atoms with Crippen molar-refractivity contribution in [2.75, 3.05) is 13.1 Å². The quantitative estimate of drug-likeness (QED) is 0.0147. The molecule has 690 valence electrons.